The van der Waals surface area contributed by atoms with Gasteiger partial charge in [-0.25, -0.2) is 0 Å². The molecule has 0 saturated heterocycles. The smallest absolute Gasteiger partial charge is 0.316 e. The molecule has 5 heterocycles. The summed E-state index contributed by atoms with van der Waals surface area (Å²) in [6, 6.07) is 0. The maximum absolute atomic E-state index is 13.4. The molecule has 2 aromatic heterocycles. The molecule has 0 radical (unpaired) electrons. The number of carbonyl (C=O) groups is 2. The Balaban J connectivity index is 1.68. The first-order valence-electron chi connectivity index (χ1n) is 16.5. The molecule has 0 spiro atoms. The second-order valence-electron chi connectivity index (χ2n) is 12.8. The van der Waals surface area contributed by atoms with Crippen LogP contribution in [0.1, 0.15) is 93.6 Å². The Morgan fingerprint density at radius 1 is 0.957 bits per heavy atom. The van der Waals surface area contributed by atoms with Crippen LogP contribution in [0.25, 0.3) is 17.7 Å². The SMILES string of the molecule is CCOC(=O)CCC1=C2N/C(=C\C3=C(C)[C@H](CC)/C(=C/c4[nH]c(c(CC)c4C)/C=c4\[nH]c5c(c4C)[C@@H](O)[C@H](C(=O)OC)C=52)N3)[C@H]1C. The second kappa shape index (κ2) is 12.2. The monoisotopic (exact) mass is 626 g/mol. The third kappa shape index (κ3) is 4.96. The maximum atomic E-state index is 13.4. The van der Waals surface area contributed by atoms with Gasteiger partial charge in [-0.15, -0.1) is 0 Å². The fourth-order valence-corrected chi connectivity index (χ4v) is 7.87. The Labute approximate surface area is 270 Å². The maximum Gasteiger partial charge on any atom is 0.316 e. The summed E-state index contributed by atoms with van der Waals surface area (Å²) in [6.45, 7) is 14.9. The molecule has 2 aromatic rings. The molecule has 0 fully saturated rings. The molecule has 4 aliphatic rings. The molecule has 6 rings (SSSR count). The van der Waals surface area contributed by atoms with E-state index in [1.54, 1.807) is 6.92 Å². The predicted molar refractivity (Wildman–Crippen MR) is 178 cm³/mol. The topological polar surface area (TPSA) is 128 Å². The number of allylic oxidation sites excluding steroid dienone is 4. The van der Waals surface area contributed by atoms with Gasteiger partial charge in [0.15, 0.2) is 0 Å². The van der Waals surface area contributed by atoms with Gasteiger partial charge in [-0.2, -0.15) is 0 Å². The van der Waals surface area contributed by atoms with E-state index < -0.39 is 18.0 Å². The fraction of sp³-hybridized carbons (Fsp3) is 0.459. The number of aromatic amines is 2. The van der Waals surface area contributed by atoms with Gasteiger partial charge < -0.3 is 35.2 Å². The number of H-pyrrole nitrogens is 2. The summed E-state index contributed by atoms with van der Waals surface area (Å²) in [6.07, 6.45) is 7.90. The lowest BCUT2D eigenvalue weighted by Crippen LogP contribution is -2.27. The van der Waals surface area contributed by atoms with E-state index in [1.165, 1.54) is 23.8 Å². The minimum atomic E-state index is -1.09. The number of hydrogen-bond acceptors (Lipinski definition) is 7. The van der Waals surface area contributed by atoms with Gasteiger partial charge in [-0.3, -0.25) is 9.59 Å². The largest absolute Gasteiger partial charge is 0.468 e. The summed E-state index contributed by atoms with van der Waals surface area (Å²) in [4.78, 5) is 33.3. The van der Waals surface area contributed by atoms with Crippen LogP contribution in [-0.2, 0) is 25.5 Å². The van der Waals surface area contributed by atoms with Gasteiger partial charge in [0.1, 0.15) is 5.92 Å². The molecule has 8 bridgehead atoms. The first-order chi connectivity index (χ1) is 22.0. The van der Waals surface area contributed by atoms with E-state index in [0.717, 1.165) is 63.5 Å². The summed E-state index contributed by atoms with van der Waals surface area (Å²) >= 11 is 0. The standard InChI is InChI=1S/C37H46N4O5/c1-9-21-17(4)24-14-26-19(6)23(12-13-30(42)46-11-3)34(40-26)32-33(37(44)45-8)36(43)31-20(7)27(41-35(31)32)16-29-22(10-2)18(5)25(39-29)15-28(21)38-24/h14-16,19,21,33,36,38-41,43H,9-13H2,1-8H3/b26-14-,27-16-,28-15-/t19-,21-,33+,36+/m0/s1. The molecule has 9 nitrogen and oxygen atoms in total. The molecule has 3 aliphatic heterocycles. The predicted octanol–water partition coefficient (Wildman–Crippen LogP) is 4.32. The van der Waals surface area contributed by atoms with Crippen molar-refractivity contribution in [3.63, 3.8) is 0 Å². The van der Waals surface area contributed by atoms with Crippen LogP contribution in [0.5, 0.6) is 0 Å². The highest BCUT2D eigenvalue weighted by molar-refractivity contribution is 5.92. The lowest BCUT2D eigenvalue weighted by atomic mass is 9.89. The van der Waals surface area contributed by atoms with Crippen molar-refractivity contribution in [3.05, 3.63) is 84.4 Å². The van der Waals surface area contributed by atoms with Crippen LogP contribution in [0.15, 0.2) is 40.0 Å². The van der Waals surface area contributed by atoms with Gasteiger partial charge in [0.2, 0.25) is 0 Å². The van der Waals surface area contributed by atoms with E-state index in [1.807, 2.05) is 6.92 Å². The highest BCUT2D eigenvalue weighted by Crippen LogP contribution is 2.44. The Morgan fingerprint density at radius 3 is 2.39 bits per heavy atom. The van der Waals surface area contributed by atoms with Crippen molar-refractivity contribution in [2.24, 2.45) is 17.8 Å². The molecular formula is C37H46N4O5. The third-order valence-electron chi connectivity index (χ3n) is 10.4. The van der Waals surface area contributed by atoms with E-state index in [4.69, 9.17) is 9.47 Å². The van der Waals surface area contributed by atoms with E-state index >= 15 is 0 Å². The highest BCUT2D eigenvalue weighted by Gasteiger charge is 2.45. The molecule has 0 amide bonds. The zero-order valence-electron chi connectivity index (χ0n) is 28.2. The van der Waals surface area contributed by atoms with E-state index in [0.29, 0.717) is 29.5 Å². The number of ether oxygens (including phenoxy) is 2. The summed E-state index contributed by atoms with van der Waals surface area (Å²) in [5.74, 6) is -1.54. The number of aliphatic hydroxyl groups is 1. The van der Waals surface area contributed by atoms with Crippen molar-refractivity contribution in [1.29, 1.82) is 0 Å². The minimum absolute atomic E-state index is 0.0794. The number of rotatable bonds is 7. The number of esters is 2. The van der Waals surface area contributed by atoms with Gasteiger partial charge in [0.05, 0.1) is 25.2 Å². The molecule has 46 heavy (non-hydrogen) atoms. The van der Waals surface area contributed by atoms with Crippen molar-refractivity contribution >= 4 is 29.7 Å². The summed E-state index contributed by atoms with van der Waals surface area (Å²) in [5.41, 5.74) is 12.9. The van der Waals surface area contributed by atoms with E-state index in [-0.39, 0.29) is 24.2 Å². The first kappa shape index (κ1) is 31.7. The highest BCUT2D eigenvalue weighted by atomic mass is 16.5. The number of hydrogen-bond donors (Lipinski definition) is 5. The molecule has 5 N–H and O–H groups in total. The minimum Gasteiger partial charge on any atom is -0.468 e. The van der Waals surface area contributed by atoms with Crippen molar-refractivity contribution in [2.75, 3.05) is 13.7 Å². The average molecular weight is 627 g/mol. The Morgan fingerprint density at radius 2 is 1.72 bits per heavy atom. The van der Waals surface area contributed by atoms with Gasteiger partial charge in [-0.05, 0) is 93.0 Å². The van der Waals surface area contributed by atoms with E-state index in [2.05, 4.69) is 73.4 Å². The molecule has 0 unspecified atom stereocenters. The quantitative estimate of drug-likeness (QED) is 0.290. The van der Waals surface area contributed by atoms with Crippen molar-refractivity contribution in [3.8, 4) is 0 Å². The van der Waals surface area contributed by atoms with Crippen molar-refractivity contribution < 1.29 is 24.2 Å². The number of aliphatic hydroxyl groups excluding tert-OH is 1. The Hall–Kier alpha value is -4.24. The number of fused-ring (bicyclic) bond motifs is 8. The van der Waals surface area contributed by atoms with Crippen LogP contribution in [0, 0.1) is 31.6 Å². The van der Waals surface area contributed by atoms with Gasteiger partial charge >= 0.3 is 11.9 Å². The Bertz CT molecular complexity index is 1880. The molecule has 0 saturated carbocycles. The zero-order valence-corrected chi connectivity index (χ0v) is 28.2. The fourth-order valence-electron chi connectivity index (χ4n) is 7.87. The van der Waals surface area contributed by atoms with Crippen LogP contribution < -0.4 is 21.3 Å². The van der Waals surface area contributed by atoms with E-state index in [9.17, 15) is 14.7 Å². The molecule has 244 valence electrons. The van der Waals surface area contributed by atoms with Gasteiger partial charge in [0.25, 0.3) is 0 Å². The Kier molecular flexibility index (Phi) is 8.40. The van der Waals surface area contributed by atoms with Gasteiger partial charge in [-0.1, -0.05) is 20.8 Å². The van der Waals surface area contributed by atoms with Crippen molar-refractivity contribution in [2.45, 2.75) is 80.3 Å². The average Bonchev–Trinajstić information content (AvgIpc) is 3.77. The lowest BCUT2D eigenvalue weighted by Gasteiger charge is -2.20. The van der Waals surface area contributed by atoms with Crippen molar-refractivity contribution in [1.82, 2.24) is 20.6 Å². The normalized spacial score (nSPS) is 26.2. The molecular weight excluding hydrogens is 580 g/mol. The molecule has 9 heteroatoms. The second-order valence-corrected chi connectivity index (χ2v) is 12.8. The third-order valence-corrected chi connectivity index (χ3v) is 10.4. The molecule has 4 atom stereocenters. The van der Waals surface area contributed by atoms with Crippen LogP contribution in [0.3, 0.4) is 0 Å². The molecule has 1 aliphatic carbocycles. The van der Waals surface area contributed by atoms with Crippen LogP contribution >= 0.6 is 0 Å². The van der Waals surface area contributed by atoms with Crippen LogP contribution in [0.4, 0.5) is 0 Å². The van der Waals surface area contributed by atoms with Gasteiger partial charge in [0, 0.05) is 68.9 Å². The van der Waals surface area contributed by atoms with Crippen LogP contribution in [-0.4, -0.2) is 40.7 Å². The number of carbonyl (C=O) groups excluding carboxylic acids is 2. The number of methoxy groups -OCH3 is 1. The lowest BCUT2D eigenvalue weighted by molar-refractivity contribution is -0.146. The summed E-state index contributed by atoms with van der Waals surface area (Å²) < 4.78 is 10.5. The number of aromatic nitrogens is 2. The zero-order chi connectivity index (χ0) is 33.0. The summed E-state index contributed by atoms with van der Waals surface area (Å²) in [7, 11) is 1.35. The molecule has 0 aromatic carbocycles. The number of nitrogens with one attached hydrogen (secondary N) is 4. The summed E-state index contributed by atoms with van der Waals surface area (Å²) in [5, 5.41) is 20.8. The first-order valence-corrected chi connectivity index (χ1v) is 16.5. The van der Waals surface area contributed by atoms with Crippen LogP contribution in [0.2, 0.25) is 0 Å².